The maximum absolute atomic E-state index is 12.7. The van der Waals surface area contributed by atoms with Gasteiger partial charge in [-0.15, -0.1) is 0 Å². The molecule has 3 N–H and O–H groups in total. The molecule has 1 saturated carbocycles. The Morgan fingerprint density at radius 3 is 2.60 bits per heavy atom. The fourth-order valence-corrected chi connectivity index (χ4v) is 3.77. The minimum absolute atomic E-state index is 0.0360. The largest absolute Gasteiger partial charge is 0.457 e. The molecule has 1 aliphatic rings. The van der Waals surface area contributed by atoms with Crippen LogP contribution in [0.25, 0.3) is 11.3 Å². The van der Waals surface area contributed by atoms with Crippen molar-refractivity contribution in [3.05, 3.63) is 66.4 Å². The Hall–Kier alpha value is -3.79. The van der Waals surface area contributed by atoms with Crippen LogP contribution < -0.4 is 15.4 Å². The molecule has 4 rings (SSSR count). The Balaban J connectivity index is 1.50. The molecule has 7 nitrogen and oxygen atoms in total. The van der Waals surface area contributed by atoms with Crippen molar-refractivity contribution in [2.75, 3.05) is 0 Å². The lowest BCUT2D eigenvalue weighted by molar-refractivity contribution is 0.0913. The quantitative estimate of drug-likeness (QED) is 0.428. The van der Waals surface area contributed by atoms with E-state index < -0.39 is 0 Å². The molecule has 0 saturated heterocycles. The predicted octanol–water partition coefficient (Wildman–Crippen LogP) is 3.98. The number of amides is 1. The molecule has 0 spiro atoms. The average Bonchev–Trinajstić information content (AvgIpc) is 3.27. The fraction of sp³-hybridized carbons (Fsp3) is 0.261. The number of aromatic nitrogens is 2. The Bertz CT molecular complexity index is 1040. The van der Waals surface area contributed by atoms with E-state index in [2.05, 4.69) is 20.8 Å². The minimum Gasteiger partial charge on any atom is -0.457 e. The van der Waals surface area contributed by atoms with Gasteiger partial charge < -0.3 is 15.4 Å². The number of hydrogen-bond acceptors (Lipinski definition) is 5. The number of benzene rings is 2. The van der Waals surface area contributed by atoms with Gasteiger partial charge in [0, 0.05) is 5.56 Å². The zero-order chi connectivity index (χ0) is 20.8. The molecular formula is C23H23N5O2. The van der Waals surface area contributed by atoms with E-state index in [1.54, 1.807) is 6.07 Å². The molecule has 0 radical (unpaired) electrons. The first-order valence-electron chi connectivity index (χ1n) is 10.1. The number of para-hydroxylation sites is 2. The van der Waals surface area contributed by atoms with Crippen molar-refractivity contribution in [1.82, 2.24) is 20.8 Å². The summed E-state index contributed by atoms with van der Waals surface area (Å²) in [6.45, 7) is 0. The van der Waals surface area contributed by atoms with Crippen LogP contribution >= 0.6 is 0 Å². The third-order valence-electron chi connectivity index (χ3n) is 5.29. The number of carbonyl (C=O) groups is 1. The number of hydrogen-bond donors (Lipinski definition) is 3. The summed E-state index contributed by atoms with van der Waals surface area (Å²) in [6.07, 6.45) is 5.79. The van der Waals surface area contributed by atoms with Crippen molar-refractivity contribution in [3.63, 3.8) is 0 Å². The molecule has 1 fully saturated rings. The Morgan fingerprint density at radius 2 is 1.80 bits per heavy atom. The normalized spacial score (nSPS) is 18.2. The Morgan fingerprint density at radius 1 is 1.07 bits per heavy atom. The molecule has 0 aliphatic heterocycles. The van der Waals surface area contributed by atoms with Crippen LogP contribution in [0.4, 0.5) is 0 Å². The van der Waals surface area contributed by atoms with Gasteiger partial charge in [0.2, 0.25) is 0 Å². The summed E-state index contributed by atoms with van der Waals surface area (Å²) in [5, 5.41) is 21.9. The first-order chi connectivity index (χ1) is 14.7. The van der Waals surface area contributed by atoms with E-state index >= 15 is 0 Å². The summed E-state index contributed by atoms with van der Waals surface area (Å²) in [6, 6.07) is 18.7. The van der Waals surface area contributed by atoms with Gasteiger partial charge in [0.25, 0.3) is 5.91 Å². The van der Waals surface area contributed by atoms with Crippen LogP contribution in [0.3, 0.4) is 0 Å². The first-order valence-corrected chi connectivity index (χ1v) is 10.1. The number of nitrogens with one attached hydrogen (secondary N) is 3. The van der Waals surface area contributed by atoms with Crippen molar-refractivity contribution >= 4 is 5.91 Å². The summed E-state index contributed by atoms with van der Waals surface area (Å²) in [5.41, 5.74) is 1.82. The SMILES string of the molecule is N#CN[C@@H]1CCCC[C@H]1NC(=O)c1cc(-c2ccccc2Oc2ccccc2)[nH]n1. The van der Waals surface area contributed by atoms with Gasteiger partial charge in [0.05, 0.1) is 17.8 Å². The molecule has 30 heavy (non-hydrogen) atoms. The van der Waals surface area contributed by atoms with Crippen molar-refractivity contribution < 1.29 is 9.53 Å². The fourth-order valence-electron chi connectivity index (χ4n) is 3.77. The molecule has 0 unspecified atom stereocenters. The molecule has 1 amide bonds. The van der Waals surface area contributed by atoms with Gasteiger partial charge in [-0.3, -0.25) is 9.89 Å². The lowest BCUT2D eigenvalue weighted by atomic mass is 9.90. The van der Waals surface area contributed by atoms with Gasteiger partial charge in [-0.2, -0.15) is 10.4 Å². The van der Waals surface area contributed by atoms with Crippen LogP contribution in [0.15, 0.2) is 60.7 Å². The Kier molecular flexibility index (Phi) is 5.95. The maximum atomic E-state index is 12.7. The van der Waals surface area contributed by atoms with Crippen LogP contribution in [-0.4, -0.2) is 28.2 Å². The van der Waals surface area contributed by atoms with E-state index in [1.807, 2.05) is 60.8 Å². The van der Waals surface area contributed by atoms with Crippen molar-refractivity contribution in [2.24, 2.45) is 0 Å². The van der Waals surface area contributed by atoms with Crippen LogP contribution in [0, 0.1) is 11.5 Å². The molecule has 7 heteroatoms. The van der Waals surface area contributed by atoms with Gasteiger partial charge in [-0.1, -0.05) is 43.2 Å². The van der Waals surface area contributed by atoms with E-state index in [0.717, 1.165) is 37.0 Å². The van der Waals surface area contributed by atoms with Gasteiger partial charge in [-0.25, -0.2) is 0 Å². The van der Waals surface area contributed by atoms with Crippen molar-refractivity contribution in [3.8, 4) is 28.9 Å². The lowest BCUT2D eigenvalue weighted by Crippen LogP contribution is -2.50. The summed E-state index contributed by atoms with van der Waals surface area (Å²) < 4.78 is 6.01. The zero-order valence-electron chi connectivity index (χ0n) is 16.5. The summed E-state index contributed by atoms with van der Waals surface area (Å²) >= 11 is 0. The highest BCUT2D eigenvalue weighted by molar-refractivity contribution is 5.93. The zero-order valence-corrected chi connectivity index (χ0v) is 16.5. The smallest absolute Gasteiger partial charge is 0.272 e. The van der Waals surface area contributed by atoms with Crippen LogP contribution in [0.5, 0.6) is 11.5 Å². The van der Waals surface area contributed by atoms with E-state index in [0.29, 0.717) is 17.1 Å². The molecule has 1 aliphatic carbocycles. The second-order valence-corrected chi connectivity index (χ2v) is 7.31. The van der Waals surface area contributed by atoms with E-state index in [1.165, 1.54) is 0 Å². The molecule has 2 atom stereocenters. The first kappa shape index (κ1) is 19.5. The van der Waals surface area contributed by atoms with Crippen LogP contribution in [0.1, 0.15) is 36.2 Å². The summed E-state index contributed by atoms with van der Waals surface area (Å²) in [7, 11) is 0. The maximum Gasteiger partial charge on any atom is 0.272 e. The number of carbonyl (C=O) groups excluding carboxylic acids is 1. The molecule has 1 aromatic heterocycles. The van der Waals surface area contributed by atoms with Crippen LogP contribution in [0.2, 0.25) is 0 Å². The number of nitriles is 1. The standard InChI is InChI=1S/C23H23N5O2/c24-15-25-18-11-5-6-12-19(18)26-23(29)21-14-20(27-28-21)17-10-4-7-13-22(17)30-16-8-2-1-3-9-16/h1-4,7-10,13-14,18-19,25H,5-6,11-12H2,(H,26,29)(H,27,28)/t18-,19-/m1/s1. The highest BCUT2D eigenvalue weighted by Gasteiger charge is 2.27. The molecule has 3 aromatic rings. The average molecular weight is 401 g/mol. The Labute approximate surface area is 175 Å². The third kappa shape index (κ3) is 4.44. The monoisotopic (exact) mass is 401 g/mol. The van der Waals surface area contributed by atoms with Gasteiger partial charge in [0.15, 0.2) is 11.9 Å². The topological polar surface area (TPSA) is 103 Å². The molecule has 0 bridgehead atoms. The summed E-state index contributed by atoms with van der Waals surface area (Å²) in [4.78, 5) is 12.7. The molecule has 1 heterocycles. The second kappa shape index (κ2) is 9.14. The molecule has 2 aromatic carbocycles. The van der Waals surface area contributed by atoms with Crippen molar-refractivity contribution in [1.29, 1.82) is 5.26 Å². The van der Waals surface area contributed by atoms with E-state index in [4.69, 9.17) is 10.00 Å². The van der Waals surface area contributed by atoms with E-state index in [9.17, 15) is 4.79 Å². The predicted molar refractivity (Wildman–Crippen MR) is 113 cm³/mol. The van der Waals surface area contributed by atoms with Crippen LogP contribution in [-0.2, 0) is 0 Å². The van der Waals surface area contributed by atoms with E-state index in [-0.39, 0.29) is 18.0 Å². The third-order valence-corrected chi connectivity index (χ3v) is 5.29. The minimum atomic E-state index is -0.254. The number of ether oxygens (including phenoxy) is 1. The lowest BCUT2D eigenvalue weighted by Gasteiger charge is -2.30. The number of nitrogens with zero attached hydrogens (tertiary/aromatic N) is 2. The number of H-pyrrole nitrogens is 1. The highest BCUT2D eigenvalue weighted by atomic mass is 16.5. The van der Waals surface area contributed by atoms with Gasteiger partial charge in [-0.05, 0) is 43.2 Å². The number of rotatable bonds is 6. The highest BCUT2D eigenvalue weighted by Crippen LogP contribution is 2.32. The molecule has 152 valence electrons. The summed E-state index contributed by atoms with van der Waals surface area (Å²) in [5.74, 6) is 1.15. The second-order valence-electron chi connectivity index (χ2n) is 7.31. The van der Waals surface area contributed by atoms with Gasteiger partial charge >= 0.3 is 0 Å². The molecular weight excluding hydrogens is 378 g/mol. The number of aromatic amines is 1. The van der Waals surface area contributed by atoms with Gasteiger partial charge in [0.1, 0.15) is 11.5 Å². The van der Waals surface area contributed by atoms with Crippen molar-refractivity contribution in [2.45, 2.75) is 37.8 Å².